The van der Waals surface area contributed by atoms with Gasteiger partial charge in [0.1, 0.15) is 17.8 Å². The molecule has 1 heterocycles. The largest absolute Gasteiger partial charge is 0.373 e. The van der Waals surface area contributed by atoms with Gasteiger partial charge in [0, 0.05) is 24.7 Å². The van der Waals surface area contributed by atoms with Gasteiger partial charge in [-0.2, -0.15) is 0 Å². The van der Waals surface area contributed by atoms with Crippen molar-refractivity contribution in [3.63, 3.8) is 0 Å². The van der Waals surface area contributed by atoms with Crippen molar-refractivity contribution in [1.29, 1.82) is 0 Å². The molecule has 0 spiro atoms. The van der Waals surface area contributed by atoms with E-state index in [4.69, 9.17) is 4.99 Å². The van der Waals surface area contributed by atoms with Crippen LogP contribution >= 0.6 is 9.24 Å². The minimum absolute atomic E-state index is 0.00958. The number of amidine groups is 1. The number of aliphatic imine (C=N–C) groups is 1. The molecule has 2 N–H and O–H groups in total. The third kappa shape index (κ3) is 4.89. The molecule has 5 atom stereocenters. The SMILES string of the molecule is CC[C@H](C)C(C)NC1N=C(NC)C(CC(C)=O)=C[C@@]1(C)P. The zero-order chi connectivity index (χ0) is 16.2. The molecule has 120 valence electrons. The van der Waals surface area contributed by atoms with Crippen LogP contribution in [0.2, 0.25) is 0 Å². The Bertz CT molecular complexity index is 443. The van der Waals surface area contributed by atoms with E-state index in [-0.39, 0.29) is 17.1 Å². The van der Waals surface area contributed by atoms with Gasteiger partial charge < -0.3 is 5.32 Å². The predicted molar refractivity (Wildman–Crippen MR) is 93.8 cm³/mol. The predicted octanol–water partition coefficient (Wildman–Crippen LogP) is 2.51. The summed E-state index contributed by atoms with van der Waals surface area (Å²) in [6, 6.07) is 0.393. The van der Waals surface area contributed by atoms with Crippen molar-refractivity contribution in [2.75, 3.05) is 7.05 Å². The highest BCUT2D eigenvalue weighted by atomic mass is 31.0. The Kier molecular flexibility index (Phi) is 6.55. The van der Waals surface area contributed by atoms with Crippen LogP contribution in [0.15, 0.2) is 16.6 Å². The molecule has 3 unspecified atom stereocenters. The number of hydrogen-bond donors (Lipinski definition) is 2. The molecule has 4 nitrogen and oxygen atoms in total. The molecule has 0 bridgehead atoms. The molecule has 5 heteroatoms. The van der Waals surface area contributed by atoms with Crippen molar-refractivity contribution in [2.45, 2.75) is 64.8 Å². The lowest BCUT2D eigenvalue weighted by Crippen LogP contribution is -2.51. The van der Waals surface area contributed by atoms with E-state index in [0.717, 1.165) is 17.8 Å². The van der Waals surface area contributed by atoms with E-state index >= 15 is 0 Å². The third-order valence-electron chi connectivity index (χ3n) is 4.23. The number of hydrogen-bond acceptors (Lipinski definition) is 4. The number of carbonyl (C=O) groups excluding carboxylic acids is 1. The number of rotatable bonds is 6. The van der Waals surface area contributed by atoms with Gasteiger partial charge in [-0.3, -0.25) is 10.1 Å². The lowest BCUT2D eigenvalue weighted by molar-refractivity contribution is -0.116. The fourth-order valence-electron chi connectivity index (χ4n) is 2.49. The van der Waals surface area contributed by atoms with Gasteiger partial charge in [0.25, 0.3) is 0 Å². The van der Waals surface area contributed by atoms with Crippen LogP contribution in [0.3, 0.4) is 0 Å². The highest BCUT2D eigenvalue weighted by molar-refractivity contribution is 7.19. The summed E-state index contributed by atoms with van der Waals surface area (Å²) in [6.45, 7) is 10.4. The van der Waals surface area contributed by atoms with E-state index in [0.29, 0.717) is 18.4 Å². The minimum Gasteiger partial charge on any atom is -0.373 e. The van der Waals surface area contributed by atoms with E-state index in [1.165, 1.54) is 0 Å². The molecular formula is C16H30N3OP. The number of carbonyl (C=O) groups is 1. The Morgan fingerprint density at radius 3 is 2.62 bits per heavy atom. The van der Waals surface area contributed by atoms with Crippen LogP contribution < -0.4 is 10.6 Å². The average Bonchev–Trinajstić information content (AvgIpc) is 2.39. The van der Waals surface area contributed by atoms with Gasteiger partial charge in [0.15, 0.2) is 0 Å². The fraction of sp³-hybridized carbons (Fsp3) is 0.750. The summed E-state index contributed by atoms with van der Waals surface area (Å²) in [7, 11) is 4.73. The van der Waals surface area contributed by atoms with E-state index in [2.05, 4.69) is 53.6 Å². The Labute approximate surface area is 131 Å². The quantitative estimate of drug-likeness (QED) is 0.741. The summed E-state index contributed by atoms with van der Waals surface area (Å²) in [5, 5.41) is 6.56. The van der Waals surface area contributed by atoms with Crippen LogP contribution in [0.5, 0.6) is 0 Å². The number of nitrogens with zero attached hydrogens (tertiary/aromatic N) is 1. The van der Waals surface area contributed by atoms with Crippen LogP contribution in [0.25, 0.3) is 0 Å². The van der Waals surface area contributed by atoms with E-state index < -0.39 is 0 Å². The van der Waals surface area contributed by atoms with Crippen molar-refractivity contribution in [3.05, 3.63) is 11.6 Å². The number of nitrogens with one attached hydrogen (secondary N) is 2. The Hall–Kier alpha value is -0.730. The molecule has 0 aliphatic carbocycles. The first-order valence-electron chi connectivity index (χ1n) is 7.73. The standard InChI is InChI=1S/C16H30N3OP/c1-7-10(2)12(4)18-15-16(5,21)9-13(8-11(3)20)14(17-6)19-15/h9-10,12,15,18H,7-8,21H2,1-6H3,(H,17,19)/t10-,12?,15?,16+/m0/s1. The van der Waals surface area contributed by atoms with E-state index in [1.54, 1.807) is 6.92 Å². The molecule has 1 aliphatic heterocycles. The van der Waals surface area contributed by atoms with Gasteiger partial charge >= 0.3 is 0 Å². The first-order chi connectivity index (χ1) is 9.71. The molecule has 1 aliphatic rings. The zero-order valence-electron chi connectivity index (χ0n) is 14.2. The number of ketones is 1. The first-order valence-corrected chi connectivity index (χ1v) is 8.31. The fourth-order valence-corrected chi connectivity index (χ4v) is 2.86. The molecular weight excluding hydrogens is 281 g/mol. The molecule has 0 amide bonds. The number of Topliss-reactive ketones (excluding diaryl/α,β-unsaturated/α-hetero) is 1. The summed E-state index contributed by atoms with van der Waals surface area (Å²) in [5.74, 6) is 1.57. The molecule has 0 saturated carbocycles. The third-order valence-corrected chi connectivity index (χ3v) is 4.71. The van der Waals surface area contributed by atoms with Crippen molar-refractivity contribution < 1.29 is 4.79 Å². The summed E-state index contributed by atoms with van der Waals surface area (Å²) >= 11 is 0. The van der Waals surface area contributed by atoms with Crippen LogP contribution in [-0.4, -0.2) is 36.0 Å². The molecule has 0 aromatic carbocycles. The Morgan fingerprint density at radius 2 is 2.14 bits per heavy atom. The zero-order valence-corrected chi connectivity index (χ0v) is 15.3. The maximum Gasteiger partial charge on any atom is 0.134 e. The van der Waals surface area contributed by atoms with Gasteiger partial charge in [-0.25, -0.2) is 4.99 Å². The van der Waals surface area contributed by atoms with Gasteiger partial charge in [-0.1, -0.05) is 26.3 Å². The summed E-state index contributed by atoms with van der Waals surface area (Å²) < 4.78 is 0. The molecule has 0 saturated heterocycles. The van der Waals surface area contributed by atoms with Crippen LogP contribution in [0.4, 0.5) is 0 Å². The van der Waals surface area contributed by atoms with Gasteiger partial charge in [-0.05, 0) is 32.3 Å². The minimum atomic E-state index is -0.188. The maximum atomic E-state index is 11.4. The second-order valence-electron chi connectivity index (χ2n) is 6.39. The second-order valence-corrected chi connectivity index (χ2v) is 7.63. The summed E-state index contributed by atoms with van der Waals surface area (Å²) in [4.78, 5) is 16.2. The first kappa shape index (κ1) is 18.3. The average molecular weight is 311 g/mol. The molecule has 0 aromatic rings. The van der Waals surface area contributed by atoms with E-state index in [9.17, 15) is 4.79 Å². The van der Waals surface area contributed by atoms with Crippen molar-refractivity contribution >= 4 is 20.9 Å². The topological polar surface area (TPSA) is 53.5 Å². The van der Waals surface area contributed by atoms with Crippen molar-refractivity contribution in [1.82, 2.24) is 10.6 Å². The van der Waals surface area contributed by atoms with Gasteiger partial charge in [0.2, 0.25) is 0 Å². The molecule has 0 aromatic heterocycles. The Balaban J connectivity index is 2.96. The van der Waals surface area contributed by atoms with Crippen LogP contribution in [0, 0.1) is 5.92 Å². The highest BCUT2D eigenvalue weighted by Gasteiger charge is 2.34. The normalized spacial score (nSPS) is 28.4. The smallest absolute Gasteiger partial charge is 0.134 e. The van der Waals surface area contributed by atoms with E-state index in [1.807, 2.05) is 7.05 Å². The molecule has 1 rings (SSSR count). The monoisotopic (exact) mass is 311 g/mol. The number of dihydropyridines is 1. The molecule has 21 heavy (non-hydrogen) atoms. The number of likely N-dealkylation sites (N-methyl/N-ethyl adjacent to an activating group) is 1. The lowest BCUT2D eigenvalue weighted by atomic mass is 9.94. The summed E-state index contributed by atoms with van der Waals surface area (Å²) in [5.41, 5.74) is 0.983. The summed E-state index contributed by atoms with van der Waals surface area (Å²) in [6.07, 6.45) is 3.71. The molecule has 0 fully saturated rings. The second kappa shape index (κ2) is 7.51. The maximum absolute atomic E-state index is 11.4. The van der Waals surface area contributed by atoms with Gasteiger partial charge in [0.05, 0.1) is 0 Å². The molecule has 0 radical (unpaired) electrons. The van der Waals surface area contributed by atoms with Gasteiger partial charge in [-0.15, -0.1) is 9.24 Å². The highest BCUT2D eigenvalue weighted by Crippen LogP contribution is 2.32. The lowest BCUT2D eigenvalue weighted by Gasteiger charge is -2.37. The van der Waals surface area contributed by atoms with Crippen molar-refractivity contribution in [3.8, 4) is 0 Å². The van der Waals surface area contributed by atoms with Crippen LogP contribution in [0.1, 0.15) is 47.5 Å². The van der Waals surface area contributed by atoms with Crippen LogP contribution in [-0.2, 0) is 4.79 Å². The Morgan fingerprint density at radius 1 is 1.52 bits per heavy atom. The van der Waals surface area contributed by atoms with Crippen molar-refractivity contribution in [2.24, 2.45) is 10.9 Å².